The van der Waals surface area contributed by atoms with Gasteiger partial charge in [-0.15, -0.1) is 0 Å². The third-order valence-electron chi connectivity index (χ3n) is 4.09. The van der Waals surface area contributed by atoms with Gasteiger partial charge in [-0.1, -0.05) is 19.9 Å². The van der Waals surface area contributed by atoms with Crippen molar-refractivity contribution in [2.75, 3.05) is 27.4 Å². The molecule has 0 radical (unpaired) electrons. The molecule has 132 valence electrons. The van der Waals surface area contributed by atoms with Gasteiger partial charge in [0.25, 0.3) is 0 Å². The van der Waals surface area contributed by atoms with E-state index in [1.54, 1.807) is 14.2 Å². The number of hydrogen-bond donors (Lipinski definition) is 1. The van der Waals surface area contributed by atoms with Crippen molar-refractivity contribution in [3.63, 3.8) is 0 Å². The maximum absolute atomic E-state index is 6.00. The van der Waals surface area contributed by atoms with Crippen LogP contribution in [0.2, 0.25) is 0 Å². The zero-order chi connectivity index (χ0) is 17.2. The Bertz CT molecular complexity index is 446. The predicted molar refractivity (Wildman–Crippen MR) is 95.3 cm³/mol. The Morgan fingerprint density at radius 1 is 1.04 bits per heavy atom. The summed E-state index contributed by atoms with van der Waals surface area (Å²) in [5.41, 5.74) is 7.27. The summed E-state index contributed by atoms with van der Waals surface area (Å²) in [6.45, 7) is 7.93. The van der Waals surface area contributed by atoms with E-state index in [4.69, 9.17) is 19.9 Å². The van der Waals surface area contributed by atoms with Gasteiger partial charge in [-0.3, -0.25) is 0 Å². The molecule has 0 saturated heterocycles. The average Bonchev–Trinajstić information content (AvgIpc) is 2.50. The minimum absolute atomic E-state index is 0.227. The fourth-order valence-electron chi connectivity index (χ4n) is 2.72. The Hall–Kier alpha value is -1.26. The summed E-state index contributed by atoms with van der Waals surface area (Å²) in [4.78, 5) is 0. The lowest BCUT2D eigenvalue weighted by Crippen LogP contribution is -2.24. The molecule has 0 aliphatic rings. The molecule has 1 aromatic rings. The van der Waals surface area contributed by atoms with Crippen LogP contribution >= 0.6 is 0 Å². The lowest BCUT2D eigenvalue weighted by Gasteiger charge is -2.23. The molecule has 0 aliphatic carbocycles. The first-order valence-electron chi connectivity index (χ1n) is 8.52. The van der Waals surface area contributed by atoms with Gasteiger partial charge >= 0.3 is 0 Å². The first-order valence-corrected chi connectivity index (χ1v) is 8.52. The molecule has 0 heterocycles. The molecular weight excluding hydrogens is 290 g/mol. The molecule has 4 heteroatoms. The van der Waals surface area contributed by atoms with Crippen LogP contribution in [0.1, 0.15) is 39.2 Å². The average molecular weight is 323 g/mol. The number of methoxy groups -OCH3 is 2. The highest BCUT2D eigenvalue weighted by atomic mass is 16.5. The van der Waals surface area contributed by atoms with E-state index in [1.807, 2.05) is 6.07 Å². The van der Waals surface area contributed by atoms with Crippen LogP contribution in [0.3, 0.4) is 0 Å². The quantitative estimate of drug-likeness (QED) is 0.631. The molecule has 2 atom stereocenters. The van der Waals surface area contributed by atoms with Crippen LogP contribution in [0.25, 0.3) is 0 Å². The number of hydrogen-bond acceptors (Lipinski definition) is 4. The van der Waals surface area contributed by atoms with Crippen LogP contribution in [-0.4, -0.2) is 33.5 Å². The molecule has 2 N–H and O–H groups in total. The summed E-state index contributed by atoms with van der Waals surface area (Å²) in [6, 6.07) is 6.44. The van der Waals surface area contributed by atoms with Crippen LogP contribution in [0.15, 0.2) is 18.2 Å². The molecule has 0 fully saturated rings. The van der Waals surface area contributed by atoms with Gasteiger partial charge in [0.05, 0.1) is 13.7 Å². The Labute approximate surface area is 141 Å². The topological polar surface area (TPSA) is 53.7 Å². The zero-order valence-corrected chi connectivity index (χ0v) is 15.3. The zero-order valence-electron chi connectivity index (χ0n) is 15.3. The standard InChI is InChI=1S/C19H33NO3/c1-14(2)17(11-15(3)20)12-16-7-8-18(22-5)19(13-16)23-10-6-9-21-4/h7-8,13-15,17H,6,9-12,20H2,1-5H3/t15-,17-/m1/s1. The highest BCUT2D eigenvalue weighted by Gasteiger charge is 2.17. The van der Waals surface area contributed by atoms with Crippen molar-refractivity contribution in [3.05, 3.63) is 23.8 Å². The normalized spacial score (nSPS) is 13.9. The van der Waals surface area contributed by atoms with Gasteiger partial charge in [0.1, 0.15) is 0 Å². The van der Waals surface area contributed by atoms with Crippen molar-refractivity contribution >= 4 is 0 Å². The number of nitrogens with two attached hydrogens (primary N) is 1. The Kier molecular flexibility index (Phi) is 9.03. The van der Waals surface area contributed by atoms with E-state index in [-0.39, 0.29) is 6.04 Å². The number of rotatable bonds is 11. The highest BCUT2D eigenvalue weighted by Crippen LogP contribution is 2.31. The molecule has 0 aliphatic heterocycles. The second-order valence-electron chi connectivity index (χ2n) is 6.60. The van der Waals surface area contributed by atoms with E-state index in [9.17, 15) is 0 Å². The maximum Gasteiger partial charge on any atom is 0.161 e. The third-order valence-corrected chi connectivity index (χ3v) is 4.09. The van der Waals surface area contributed by atoms with Gasteiger partial charge in [-0.25, -0.2) is 0 Å². The summed E-state index contributed by atoms with van der Waals surface area (Å²) in [5, 5.41) is 0. The minimum atomic E-state index is 0.227. The fourth-order valence-corrected chi connectivity index (χ4v) is 2.72. The molecule has 1 rings (SSSR count). The molecule has 0 aromatic heterocycles. The molecule has 0 amide bonds. The van der Waals surface area contributed by atoms with E-state index in [2.05, 4.69) is 32.9 Å². The molecular formula is C19H33NO3. The van der Waals surface area contributed by atoms with Gasteiger partial charge < -0.3 is 19.9 Å². The largest absolute Gasteiger partial charge is 0.493 e. The molecule has 0 unspecified atom stereocenters. The van der Waals surface area contributed by atoms with Gasteiger partial charge in [-0.2, -0.15) is 0 Å². The van der Waals surface area contributed by atoms with E-state index < -0.39 is 0 Å². The van der Waals surface area contributed by atoms with Crippen LogP contribution in [0.4, 0.5) is 0 Å². The van der Waals surface area contributed by atoms with Gasteiger partial charge in [-0.05, 0) is 49.3 Å². The number of ether oxygens (including phenoxy) is 3. The van der Waals surface area contributed by atoms with Gasteiger partial charge in [0.2, 0.25) is 0 Å². The van der Waals surface area contributed by atoms with Gasteiger partial charge in [0.15, 0.2) is 11.5 Å². The van der Waals surface area contributed by atoms with Crippen molar-refractivity contribution in [2.24, 2.45) is 17.6 Å². The monoisotopic (exact) mass is 323 g/mol. The van der Waals surface area contributed by atoms with Crippen molar-refractivity contribution in [2.45, 2.75) is 46.1 Å². The second kappa shape index (κ2) is 10.5. The van der Waals surface area contributed by atoms with E-state index >= 15 is 0 Å². The number of benzene rings is 1. The molecule has 0 saturated carbocycles. The summed E-state index contributed by atoms with van der Waals surface area (Å²) in [5.74, 6) is 2.77. The lowest BCUT2D eigenvalue weighted by molar-refractivity contribution is 0.170. The Morgan fingerprint density at radius 3 is 2.35 bits per heavy atom. The molecule has 0 bridgehead atoms. The third kappa shape index (κ3) is 7.23. The molecule has 4 nitrogen and oxygen atoms in total. The van der Waals surface area contributed by atoms with Crippen LogP contribution in [0, 0.1) is 11.8 Å². The van der Waals surface area contributed by atoms with Crippen molar-refractivity contribution < 1.29 is 14.2 Å². The molecule has 0 spiro atoms. The molecule has 1 aromatic carbocycles. The van der Waals surface area contributed by atoms with E-state index in [0.717, 1.165) is 30.8 Å². The van der Waals surface area contributed by atoms with Crippen molar-refractivity contribution in [1.29, 1.82) is 0 Å². The van der Waals surface area contributed by atoms with Crippen LogP contribution < -0.4 is 15.2 Å². The Morgan fingerprint density at radius 2 is 1.78 bits per heavy atom. The fraction of sp³-hybridized carbons (Fsp3) is 0.684. The summed E-state index contributed by atoms with van der Waals surface area (Å²) in [7, 11) is 3.37. The SMILES string of the molecule is COCCCOc1cc(C[C@@H](C[C@@H](C)N)C(C)C)ccc1OC. The van der Waals surface area contributed by atoms with Crippen LogP contribution in [-0.2, 0) is 11.2 Å². The Balaban J connectivity index is 2.78. The molecule has 23 heavy (non-hydrogen) atoms. The summed E-state index contributed by atoms with van der Waals surface area (Å²) in [6.07, 6.45) is 2.91. The highest BCUT2D eigenvalue weighted by molar-refractivity contribution is 5.43. The minimum Gasteiger partial charge on any atom is -0.493 e. The van der Waals surface area contributed by atoms with Crippen LogP contribution in [0.5, 0.6) is 11.5 Å². The summed E-state index contributed by atoms with van der Waals surface area (Å²) >= 11 is 0. The maximum atomic E-state index is 6.00. The van der Waals surface area contributed by atoms with E-state index in [1.165, 1.54) is 5.56 Å². The van der Waals surface area contributed by atoms with E-state index in [0.29, 0.717) is 25.0 Å². The first-order chi connectivity index (χ1) is 11.0. The summed E-state index contributed by atoms with van der Waals surface area (Å²) < 4.78 is 16.3. The first kappa shape index (κ1) is 19.8. The van der Waals surface area contributed by atoms with Crippen molar-refractivity contribution in [1.82, 2.24) is 0 Å². The second-order valence-corrected chi connectivity index (χ2v) is 6.60. The smallest absolute Gasteiger partial charge is 0.161 e. The van der Waals surface area contributed by atoms with Gasteiger partial charge in [0, 0.05) is 26.2 Å². The predicted octanol–water partition coefficient (Wildman–Crippen LogP) is 3.66. The van der Waals surface area contributed by atoms with Crippen molar-refractivity contribution in [3.8, 4) is 11.5 Å². The lowest BCUT2D eigenvalue weighted by atomic mass is 9.84.